The number of benzene rings is 1. The molecule has 0 saturated heterocycles. The van der Waals surface area contributed by atoms with Crippen LogP contribution in [0.5, 0.6) is 5.75 Å². The molecule has 0 bridgehead atoms. The number of carbonyl (C=O) groups is 1. The van der Waals surface area contributed by atoms with Crippen molar-refractivity contribution >= 4 is 5.91 Å². The predicted molar refractivity (Wildman–Crippen MR) is 65.0 cm³/mol. The highest BCUT2D eigenvalue weighted by Crippen LogP contribution is 2.17. The van der Waals surface area contributed by atoms with Gasteiger partial charge in [-0.3, -0.25) is 4.79 Å². The summed E-state index contributed by atoms with van der Waals surface area (Å²) in [5.74, 6) is -0.210. The number of aryl methyl sites for hydroxylation is 1. The van der Waals surface area contributed by atoms with Gasteiger partial charge in [-0.05, 0) is 31.5 Å². The summed E-state index contributed by atoms with van der Waals surface area (Å²) in [4.78, 5) is 12.3. The molecule has 0 saturated carbocycles. The third-order valence-electron chi connectivity index (χ3n) is 2.46. The van der Waals surface area contributed by atoms with Crippen LogP contribution in [0.4, 0.5) is 13.2 Å². The van der Waals surface area contributed by atoms with Crippen molar-refractivity contribution in [2.24, 2.45) is 0 Å². The van der Waals surface area contributed by atoms with Crippen molar-refractivity contribution in [1.29, 1.82) is 0 Å². The average molecular weight is 275 g/mol. The number of carbonyl (C=O) groups excluding carboxylic acids is 1. The summed E-state index contributed by atoms with van der Waals surface area (Å²) in [7, 11) is 0. The zero-order valence-corrected chi connectivity index (χ0v) is 10.8. The van der Waals surface area contributed by atoms with E-state index in [1.165, 1.54) is 6.92 Å². The molecule has 0 atom stereocenters. The fourth-order valence-corrected chi connectivity index (χ4v) is 1.53. The Morgan fingerprint density at radius 1 is 1.37 bits per heavy atom. The Balaban J connectivity index is 2.54. The molecule has 0 aliphatic heterocycles. The van der Waals surface area contributed by atoms with Crippen molar-refractivity contribution < 1.29 is 22.7 Å². The number of likely N-dealkylation sites (N-methyl/N-ethyl adjacent to an activating group) is 1. The monoisotopic (exact) mass is 275 g/mol. The molecule has 0 aliphatic rings. The second kappa shape index (κ2) is 6.45. The van der Waals surface area contributed by atoms with E-state index in [-0.39, 0.29) is 6.54 Å². The van der Waals surface area contributed by atoms with E-state index in [0.717, 1.165) is 10.5 Å². The molecule has 0 N–H and O–H groups in total. The summed E-state index contributed by atoms with van der Waals surface area (Å²) >= 11 is 0. The highest BCUT2D eigenvalue weighted by Gasteiger charge is 2.32. The highest BCUT2D eigenvalue weighted by atomic mass is 19.4. The summed E-state index contributed by atoms with van der Waals surface area (Å²) < 4.78 is 41.9. The number of hydrogen-bond donors (Lipinski definition) is 0. The molecule has 0 fully saturated rings. The predicted octanol–water partition coefficient (Wildman–Crippen LogP) is 2.78. The zero-order valence-electron chi connectivity index (χ0n) is 10.8. The van der Waals surface area contributed by atoms with Gasteiger partial charge >= 0.3 is 6.18 Å². The fourth-order valence-electron chi connectivity index (χ4n) is 1.53. The van der Waals surface area contributed by atoms with E-state index in [9.17, 15) is 18.0 Å². The molecular formula is C13H16F3NO2. The Bertz CT molecular complexity index is 432. The van der Waals surface area contributed by atoms with Crippen molar-refractivity contribution in [3.63, 3.8) is 0 Å². The van der Waals surface area contributed by atoms with Gasteiger partial charge in [0.25, 0.3) is 5.91 Å². The molecule has 19 heavy (non-hydrogen) atoms. The maximum absolute atomic E-state index is 12.2. The van der Waals surface area contributed by atoms with Crippen LogP contribution in [0, 0.1) is 6.92 Å². The van der Waals surface area contributed by atoms with E-state index in [1.54, 1.807) is 18.2 Å². The second-order valence-electron chi connectivity index (χ2n) is 4.13. The summed E-state index contributed by atoms with van der Waals surface area (Å²) in [6.07, 6.45) is -4.39. The van der Waals surface area contributed by atoms with Gasteiger partial charge < -0.3 is 9.64 Å². The summed E-state index contributed by atoms with van der Waals surface area (Å²) in [6.45, 7) is 1.70. The fraction of sp³-hybridized carbons (Fsp3) is 0.462. The standard InChI is InChI=1S/C13H16F3NO2/c1-3-17(9-13(14,15)16)12(18)8-19-11-6-4-5-10(2)7-11/h4-7H,3,8-9H2,1-2H3. The molecule has 1 rings (SSSR count). The Morgan fingerprint density at radius 2 is 2.05 bits per heavy atom. The van der Waals surface area contributed by atoms with E-state index >= 15 is 0 Å². The first-order valence-corrected chi connectivity index (χ1v) is 5.86. The number of alkyl halides is 3. The van der Waals surface area contributed by atoms with Crippen LogP contribution in [0.2, 0.25) is 0 Å². The molecule has 0 unspecified atom stereocenters. The first-order valence-electron chi connectivity index (χ1n) is 5.86. The van der Waals surface area contributed by atoms with E-state index in [1.807, 2.05) is 13.0 Å². The van der Waals surface area contributed by atoms with Gasteiger partial charge in [0.1, 0.15) is 12.3 Å². The molecule has 3 nitrogen and oxygen atoms in total. The quantitative estimate of drug-likeness (QED) is 0.827. The van der Waals surface area contributed by atoms with Crippen LogP contribution in [0.3, 0.4) is 0 Å². The van der Waals surface area contributed by atoms with E-state index in [2.05, 4.69) is 0 Å². The number of ether oxygens (including phenoxy) is 1. The highest BCUT2D eigenvalue weighted by molar-refractivity contribution is 5.77. The molecule has 1 aromatic carbocycles. The third-order valence-corrected chi connectivity index (χ3v) is 2.46. The van der Waals surface area contributed by atoms with Gasteiger partial charge in [-0.2, -0.15) is 13.2 Å². The first kappa shape index (κ1) is 15.3. The molecule has 0 spiro atoms. The van der Waals surface area contributed by atoms with Crippen molar-refractivity contribution in [3.8, 4) is 5.75 Å². The first-order chi connectivity index (χ1) is 8.81. The van der Waals surface area contributed by atoms with Gasteiger partial charge in [0.05, 0.1) is 0 Å². The minimum Gasteiger partial charge on any atom is -0.484 e. The number of nitrogens with zero attached hydrogens (tertiary/aromatic N) is 1. The van der Waals surface area contributed by atoms with Gasteiger partial charge in [-0.1, -0.05) is 12.1 Å². The maximum atomic E-state index is 12.2. The van der Waals surface area contributed by atoms with Crippen molar-refractivity contribution in [2.75, 3.05) is 19.7 Å². The minimum absolute atomic E-state index is 0.00444. The van der Waals surface area contributed by atoms with Crippen LogP contribution in [0.25, 0.3) is 0 Å². The molecule has 6 heteroatoms. The molecule has 0 radical (unpaired) electrons. The van der Waals surface area contributed by atoms with Crippen LogP contribution in [-0.4, -0.2) is 36.7 Å². The number of hydrogen-bond acceptors (Lipinski definition) is 2. The molecule has 0 aliphatic carbocycles. The van der Waals surface area contributed by atoms with Crippen molar-refractivity contribution in [1.82, 2.24) is 4.90 Å². The summed E-state index contributed by atoms with van der Waals surface area (Å²) in [6, 6.07) is 6.98. The van der Waals surface area contributed by atoms with Gasteiger partial charge in [-0.25, -0.2) is 0 Å². The Labute approximate surface area is 110 Å². The van der Waals surface area contributed by atoms with E-state index in [0.29, 0.717) is 5.75 Å². The SMILES string of the molecule is CCN(CC(F)(F)F)C(=O)COc1cccc(C)c1. The average Bonchev–Trinajstić information content (AvgIpc) is 2.32. The molecule has 0 aromatic heterocycles. The zero-order chi connectivity index (χ0) is 14.5. The molecule has 106 valence electrons. The normalized spacial score (nSPS) is 11.2. The Morgan fingerprint density at radius 3 is 2.58 bits per heavy atom. The van der Waals surface area contributed by atoms with E-state index < -0.39 is 25.2 Å². The van der Waals surface area contributed by atoms with Gasteiger partial charge in [0, 0.05) is 6.54 Å². The molecular weight excluding hydrogens is 259 g/mol. The smallest absolute Gasteiger partial charge is 0.406 e. The summed E-state index contributed by atoms with van der Waals surface area (Å²) in [5.41, 5.74) is 0.951. The van der Waals surface area contributed by atoms with Gasteiger partial charge in [0.15, 0.2) is 6.61 Å². The lowest BCUT2D eigenvalue weighted by Crippen LogP contribution is -2.41. The van der Waals surface area contributed by atoms with Gasteiger partial charge in [0.2, 0.25) is 0 Å². The van der Waals surface area contributed by atoms with Crippen LogP contribution in [0.1, 0.15) is 12.5 Å². The third kappa shape index (κ3) is 5.63. The molecule has 1 aromatic rings. The Kier molecular flexibility index (Phi) is 5.20. The topological polar surface area (TPSA) is 29.5 Å². The largest absolute Gasteiger partial charge is 0.484 e. The number of amides is 1. The minimum atomic E-state index is -4.39. The maximum Gasteiger partial charge on any atom is 0.406 e. The lowest BCUT2D eigenvalue weighted by Gasteiger charge is -2.22. The van der Waals surface area contributed by atoms with Crippen molar-refractivity contribution in [2.45, 2.75) is 20.0 Å². The number of halogens is 3. The van der Waals surface area contributed by atoms with E-state index in [4.69, 9.17) is 4.74 Å². The molecule has 0 heterocycles. The van der Waals surface area contributed by atoms with Gasteiger partial charge in [-0.15, -0.1) is 0 Å². The number of rotatable bonds is 5. The molecule has 1 amide bonds. The lowest BCUT2D eigenvalue weighted by atomic mass is 10.2. The lowest BCUT2D eigenvalue weighted by molar-refractivity contribution is -0.161. The Hall–Kier alpha value is -1.72. The van der Waals surface area contributed by atoms with Crippen molar-refractivity contribution in [3.05, 3.63) is 29.8 Å². The van der Waals surface area contributed by atoms with Crippen LogP contribution in [0.15, 0.2) is 24.3 Å². The van der Waals surface area contributed by atoms with Crippen LogP contribution in [-0.2, 0) is 4.79 Å². The van der Waals surface area contributed by atoms with Crippen LogP contribution >= 0.6 is 0 Å². The van der Waals surface area contributed by atoms with Crippen LogP contribution < -0.4 is 4.74 Å². The second-order valence-corrected chi connectivity index (χ2v) is 4.13. The summed E-state index contributed by atoms with van der Waals surface area (Å²) in [5, 5.41) is 0.